The van der Waals surface area contributed by atoms with Crippen LogP contribution in [0.4, 0.5) is 30.4 Å². The monoisotopic (exact) mass is 339 g/mol. The molecule has 0 atom stereocenters. The molecule has 8 nitrogen and oxygen atoms in total. The van der Waals surface area contributed by atoms with Crippen LogP contribution in [-0.2, 0) is 6.54 Å². The third-order valence-corrected chi connectivity index (χ3v) is 2.84. The van der Waals surface area contributed by atoms with E-state index in [-0.39, 0.29) is 16.9 Å². The molecule has 1 aromatic carbocycles. The fraction of sp³-hybridized carbons (Fsp3) is 0.154. The average Bonchev–Trinajstić information content (AvgIpc) is 2.87. The second kappa shape index (κ2) is 6.37. The van der Waals surface area contributed by atoms with E-state index >= 15 is 0 Å². The van der Waals surface area contributed by atoms with E-state index in [0.29, 0.717) is 4.68 Å². The zero-order valence-electron chi connectivity index (χ0n) is 11.7. The zero-order valence-corrected chi connectivity index (χ0v) is 11.7. The normalized spacial score (nSPS) is 10.9. The molecular formula is C13H8F3N5O3. The summed E-state index contributed by atoms with van der Waals surface area (Å²) in [6.07, 6.45) is -3.68. The predicted molar refractivity (Wildman–Crippen MR) is 75.6 cm³/mol. The van der Waals surface area contributed by atoms with Gasteiger partial charge in [0.25, 0.3) is 11.6 Å². The minimum Gasteiger partial charge on any atom is -0.316 e. The number of hydrogen-bond acceptors (Lipinski definition) is 4. The number of halogens is 3. The molecule has 0 aliphatic heterocycles. The Morgan fingerprint density at radius 1 is 1.38 bits per heavy atom. The lowest BCUT2D eigenvalue weighted by atomic mass is 10.2. The van der Waals surface area contributed by atoms with Gasteiger partial charge in [-0.3, -0.25) is 19.6 Å². The number of non-ortho nitro benzene ring substituents is 1. The Labute approximate surface area is 132 Å². The second-order valence-electron chi connectivity index (χ2n) is 4.52. The molecule has 0 unspecified atom stereocenters. The van der Waals surface area contributed by atoms with Crippen LogP contribution in [0.2, 0.25) is 0 Å². The number of hydrogen-bond donors (Lipinski definition) is 1. The van der Waals surface area contributed by atoms with Gasteiger partial charge in [-0.15, -0.1) is 0 Å². The van der Waals surface area contributed by atoms with Crippen LogP contribution < -0.4 is 5.32 Å². The molecule has 1 amide bonds. The van der Waals surface area contributed by atoms with E-state index in [4.69, 9.17) is 6.57 Å². The van der Waals surface area contributed by atoms with Gasteiger partial charge in [0.15, 0.2) is 0 Å². The lowest BCUT2D eigenvalue weighted by Gasteiger charge is -2.12. The number of alkyl halides is 3. The van der Waals surface area contributed by atoms with E-state index in [0.717, 1.165) is 30.5 Å². The number of nitrogens with zero attached hydrogens (tertiary/aromatic N) is 4. The summed E-state index contributed by atoms with van der Waals surface area (Å²) in [7, 11) is 0. The molecule has 0 aliphatic carbocycles. The second-order valence-corrected chi connectivity index (χ2v) is 4.52. The van der Waals surface area contributed by atoms with Crippen molar-refractivity contribution in [1.82, 2.24) is 9.78 Å². The maximum absolute atomic E-state index is 12.5. The van der Waals surface area contributed by atoms with E-state index in [9.17, 15) is 28.1 Å². The smallest absolute Gasteiger partial charge is 0.316 e. The Morgan fingerprint density at radius 2 is 2.00 bits per heavy atom. The van der Waals surface area contributed by atoms with E-state index < -0.39 is 29.4 Å². The standard InChI is InChI=1S/C13H8F3N5O3/c1-17-10-6-18-20(7-13(14,15)16)11(10)19-12(22)8-2-4-9(5-3-8)21(23)24/h2-6H,7H2,(H,19,22). The highest BCUT2D eigenvalue weighted by molar-refractivity contribution is 6.05. The number of carbonyl (C=O) groups excluding carboxylic acids is 1. The van der Waals surface area contributed by atoms with Gasteiger partial charge in [0, 0.05) is 17.7 Å². The van der Waals surface area contributed by atoms with Gasteiger partial charge in [0.05, 0.1) is 17.7 Å². The summed E-state index contributed by atoms with van der Waals surface area (Å²) in [5.41, 5.74) is -0.513. The van der Waals surface area contributed by atoms with Crippen molar-refractivity contribution in [3.8, 4) is 0 Å². The molecule has 0 radical (unpaired) electrons. The summed E-state index contributed by atoms with van der Waals surface area (Å²) < 4.78 is 38.0. The first-order chi connectivity index (χ1) is 11.2. The summed E-state index contributed by atoms with van der Waals surface area (Å²) in [5.74, 6) is -1.22. The highest BCUT2D eigenvalue weighted by Gasteiger charge is 2.30. The van der Waals surface area contributed by atoms with Gasteiger partial charge >= 0.3 is 6.18 Å². The van der Waals surface area contributed by atoms with Gasteiger partial charge in [-0.05, 0) is 12.1 Å². The lowest BCUT2D eigenvalue weighted by molar-refractivity contribution is -0.384. The predicted octanol–water partition coefficient (Wildman–Crippen LogP) is 3.16. The van der Waals surface area contributed by atoms with Crippen LogP contribution in [0.15, 0.2) is 30.5 Å². The van der Waals surface area contributed by atoms with Gasteiger partial charge in [-0.25, -0.2) is 4.85 Å². The molecule has 24 heavy (non-hydrogen) atoms. The summed E-state index contributed by atoms with van der Waals surface area (Å²) >= 11 is 0. The Morgan fingerprint density at radius 3 is 2.50 bits per heavy atom. The molecular weight excluding hydrogens is 331 g/mol. The van der Waals surface area contributed by atoms with Crippen molar-refractivity contribution in [3.63, 3.8) is 0 Å². The van der Waals surface area contributed by atoms with Crippen molar-refractivity contribution in [1.29, 1.82) is 0 Å². The van der Waals surface area contributed by atoms with Crippen molar-refractivity contribution in [2.24, 2.45) is 0 Å². The first kappa shape index (κ1) is 16.9. The Hall–Kier alpha value is -3.42. The molecule has 11 heteroatoms. The van der Waals surface area contributed by atoms with Crippen LogP contribution >= 0.6 is 0 Å². The number of carbonyl (C=O) groups is 1. The van der Waals surface area contributed by atoms with E-state index in [2.05, 4.69) is 15.3 Å². The van der Waals surface area contributed by atoms with Crippen LogP contribution in [0.3, 0.4) is 0 Å². The number of nitro groups is 1. The molecule has 1 aromatic heterocycles. The van der Waals surface area contributed by atoms with Gasteiger partial charge in [-0.2, -0.15) is 18.3 Å². The first-order valence-electron chi connectivity index (χ1n) is 6.27. The Balaban J connectivity index is 2.26. The summed E-state index contributed by atoms with van der Waals surface area (Å²) in [6.45, 7) is 5.44. The van der Waals surface area contributed by atoms with Crippen LogP contribution in [0.1, 0.15) is 10.4 Å². The number of benzene rings is 1. The van der Waals surface area contributed by atoms with E-state index in [1.54, 1.807) is 0 Å². The van der Waals surface area contributed by atoms with Crippen LogP contribution in [0.25, 0.3) is 4.85 Å². The van der Waals surface area contributed by atoms with Gasteiger partial charge in [-0.1, -0.05) is 0 Å². The quantitative estimate of drug-likeness (QED) is 0.526. The van der Waals surface area contributed by atoms with Crippen molar-refractivity contribution in [2.45, 2.75) is 12.7 Å². The topological polar surface area (TPSA) is 94.4 Å². The highest BCUT2D eigenvalue weighted by Crippen LogP contribution is 2.28. The van der Waals surface area contributed by atoms with Crippen molar-refractivity contribution in [2.75, 3.05) is 5.32 Å². The number of amides is 1. The number of rotatable bonds is 4. The van der Waals surface area contributed by atoms with Crippen molar-refractivity contribution < 1.29 is 22.9 Å². The first-order valence-corrected chi connectivity index (χ1v) is 6.27. The van der Waals surface area contributed by atoms with Crippen molar-refractivity contribution >= 4 is 23.1 Å². The molecule has 1 N–H and O–H groups in total. The molecule has 0 saturated carbocycles. The average molecular weight is 339 g/mol. The molecule has 0 fully saturated rings. The SMILES string of the molecule is [C-]#[N+]c1cnn(CC(F)(F)F)c1NC(=O)c1ccc([N+](=O)[O-])cc1. The Kier molecular flexibility index (Phi) is 4.50. The van der Waals surface area contributed by atoms with Crippen molar-refractivity contribution in [3.05, 3.63) is 57.6 Å². The number of aromatic nitrogens is 2. The lowest BCUT2D eigenvalue weighted by Crippen LogP contribution is -2.22. The molecule has 2 aromatic rings. The molecule has 0 bridgehead atoms. The van der Waals surface area contributed by atoms with E-state index in [1.165, 1.54) is 0 Å². The number of anilines is 1. The minimum atomic E-state index is -4.59. The number of nitrogens with one attached hydrogen (secondary N) is 1. The molecule has 0 saturated heterocycles. The Bertz CT molecular complexity index is 821. The van der Waals surface area contributed by atoms with Gasteiger partial charge in [0.2, 0.25) is 5.69 Å². The molecule has 1 heterocycles. The van der Waals surface area contributed by atoms with Gasteiger partial charge < -0.3 is 5.32 Å². The molecule has 2 rings (SSSR count). The van der Waals surface area contributed by atoms with Gasteiger partial charge in [0.1, 0.15) is 12.4 Å². The molecule has 0 spiro atoms. The molecule has 0 aliphatic rings. The highest BCUT2D eigenvalue weighted by atomic mass is 19.4. The van der Waals surface area contributed by atoms with Crippen LogP contribution in [0.5, 0.6) is 0 Å². The van der Waals surface area contributed by atoms with Crippen LogP contribution in [0, 0.1) is 16.7 Å². The van der Waals surface area contributed by atoms with E-state index in [1.807, 2.05) is 0 Å². The largest absolute Gasteiger partial charge is 0.408 e. The fourth-order valence-electron chi connectivity index (χ4n) is 1.79. The van der Waals surface area contributed by atoms with Crippen LogP contribution in [-0.4, -0.2) is 26.8 Å². The molecule has 124 valence electrons. The third-order valence-electron chi connectivity index (χ3n) is 2.84. The number of nitro benzene ring substituents is 1. The third kappa shape index (κ3) is 3.86. The minimum absolute atomic E-state index is 0.0173. The maximum atomic E-state index is 12.5. The zero-order chi connectivity index (χ0) is 17.9. The summed E-state index contributed by atoms with van der Waals surface area (Å²) in [4.78, 5) is 25.0. The summed E-state index contributed by atoms with van der Waals surface area (Å²) in [5, 5.41) is 16.2. The fourth-order valence-corrected chi connectivity index (χ4v) is 1.79. The summed E-state index contributed by atoms with van der Waals surface area (Å²) in [6, 6.07) is 4.46. The maximum Gasteiger partial charge on any atom is 0.408 e.